The Labute approximate surface area is 122 Å². The molecule has 3 N–H and O–H groups in total. The number of hydrogen-bond donors (Lipinski definition) is 2. The number of nitrogens with two attached hydrogens (primary N) is 1. The van der Waals surface area contributed by atoms with E-state index >= 15 is 0 Å². The van der Waals surface area contributed by atoms with Crippen LogP contribution in [0.25, 0.3) is 0 Å². The number of ether oxygens (including phenoxy) is 1. The summed E-state index contributed by atoms with van der Waals surface area (Å²) in [6.07, 6.45) is 0. The smallest absolute Gasteiger partial charge is 0.257 e. The van der Waals surface area contributed by atoms with Gasteiger partial charge in [0.2, 0.25) is 0 Å². The lowest BCUT2D eigenvalue weighted by molar-refractivity contribution is 0.102. The lowest BCUT2D eigenvalue weighted by Gasteiger charge is -2.12. The first-order valence-corrected chi connectivity index (χ1v) is 6.40. The van der Waals surface area contributed by atoms with E-state index < -0.39 is 0 Å². The van der Waals surface area contributed by atoms with Crippen molar-refractivity contribution in [1.29, 1.82) is 0 Å². The Balaban J connectivity index is 2.31. The Kier molecular flexibility index (Phi) is 4.15. The van der Waals surface area contributed by atoms with Crippen LogP contribution in [0.5, 0.6) is 5.75 Å². The minimum absolute atomic E-state index is 0.273. The number of anilines is 2. The van der Waals surface area contributed by atoms with Crippen LogP contribution in [-0.2, 0) is 0 Å². The molecule has 0 fully saturated rings. The van der Waals surface area contributed by atoms with E-state index in [0.29, 0.717) is 27.7 Å². The molecule has 5 heteroatoms. The van der Waals surface area contributed by atoms with Gasteiger partial charge in [0.25, 0.3) is 5.91 Å². The number of rotatable bonds is 3. The second-order valence-corrected chi connectivity index (χ2v) is 4.75. The van der Waals surface area contributed by atoms with Gasteiger partial charge >= 0.3 is 0 Å². The molecule has 0 atom stereocenters. The first-order valence-electron chi connectivity index (χ1n) is 6.03. The van der Waals surface area contributed by atoms with E-state index in [0.717, 1.165) is 5.56 Å². The van der Waals surface area contributed by atoms with Crippen molar-refractivity contribution < 1.29 is 9.53 Å². The molecule has 0 aliphatic heterocycles. The molecule has 4 nitrogen and oxygen atoms in total. The van der Waals surface area contributed by atoms with Crippen LogP contribution < -0.4 is 15.8 Å². The van der Waals surface area contributed by atoms with Crippen LogP contribution >= 0.6 is 11.6 Å². The van der Waals surface area contributed by atoms with Crippen LogP contribution in [0.3, 0.4) is 0 Å². The maximum absolute atomic E-state index is 12.2. The van der Waals surface area contributed by atoms with Gasteiger partial charge in [-0.2, -0.15) is 0 Å². The summed E-state index contributed by atoms with van der Waals surface area (Å²) in [5, 5.41) is 3.22. The Morgan fingerprint density at radius 3 is 2.65 bits per heavy atom. The average molecular weight is 291 g/mol. The summed E-state index contributed by atoms with van der Waals surface area (Å²) in [7, 11) is 1.53. The van der Waals surface area contributed by atoms with Gasteiger partial charge in [0.15, 0.2) is 0 Å². The van der Waals surface area contributed by atoms with Crippen LogP contribution in [0.4, 0.5) is 11.4 Å². The molecule has 2 rings (SSSR count). The molecule has 0 bridgehead atoms. The third kappa shape index (κ3) is 2.86. The molecule has 0 saturated heterocycles. The minimum atomic E-state index is -0.273. The summed E-state index contributed by atoms with van der Waals surface area (Å²) in [4.78, 5) is 12.2. The number of carbonyl (C=O) groups is 1. The predicted molar refractivity (Wildman–Crippen MR) is 81.5 cm³/mol. The average Bonchev–Trinajstić information content (AvgIpc) is 2.42. The highest BCUT2D eigenvalue weighted by atomic mass is 35.5. The van der Waals surface area contributed by atoms with E-state index in [4.69, 9.17) is 22.1 Å². The van der Waals surface area contributed by atoms with Gasteiger partial charge in [-0.25, -0.2) is 0 Å². The molecule has 2 aromatic carbocycles. The van der Waals surface area contributed by atoms with Crippen molar-refractivity contribution in [3.8, 4) is 5.75 Å². The first kappa shape index (κ1) is 14.2. The summed E-state index contributed by atoms with van der Waals surface area (Å²) in [5.74, 6) is 0.246. The fourth-order valence-electron chi connectivity index (χ4n) is 1.86. The number of methoxy groups -OCH3 is 1. The highest BCUT2D eigenvalue weighted by Crippen LogP contribution is 2.29. The maximum atomic E-state index is 12.2. The van der Waals surface area contributed by atoms with Crippen LogP contribution in [-0.4, -0.2) is 13.0 Å². The van der Waals surface area contributed by atoms with Crippen LogP contribution in [0.1, 0.15) is 15.9 Å². The van der Waals surface area contributed by atoms with Crippen molar-refractivity contribution in [3.63, 3.8) is 0 Å². The van der Waals surface area contributed by atoms with Gasteiger partial charge in [0.1, 0.15) is 5.75 Å². The van der Waals surface area contributed by atoms with Gasteiger partial charge in [-0.05, 0) is 30.7 Å². The van der Waals surface area contributed by atoms with Crippen molar-refractivity contribution >= 4 is 28.9 Å². The number of amides is 1. The van der Waals surface area contributed by atoms with Gasteiger partial charge in [-0.1, -0.05) is 23.7 Å². The molecule has 0 saturated carbocycles. The minimum Gasteiger partial charge on any atom is -0.495 e. The zero-order chi connectivity index (χ0) is 14.7. The summed E-state index contributed by atoms with van der Waals surface area (Å²) in [5.41, 5.74) is 8.25. The number of hydrogen-bond acceptors (Lipinski definition) is 3. The fraction of sp³-hybridized carbons (Fsp3) is 0.133. The topological polar surface area (TPSA) is 64.3 Å². The largest absolute Gasteiger partial charge is 0.495 e. The molecule has 2 aromatic rings. The van der Waals surface area contributed by atoms with Crippen LogP contribution in [0.2, 0.25) is 5.02 Å². The molecule has 1 amide bonds. The summed E-state index contributed by atoms with van der Waals surface area (Å²) < 4.78 is 5.15. The number of halogens is 1. The first-order chi connectivity index (χ1) is 9.52. The zero-order valence-electron chi connectivity index (χ0n) is 11.2. The fourth-order valence-corrected chi connectivity index (χ4v) is 2.08. The number of aryl methyl sites for hydroxylation is 1. The van der Waals surface area contributed by atoms with Gasteiger partial charge in [-0.3, -0.25) is 4.79 Å². The zero-order valence-corrected chi connectivity index (χ0v) is 12.0. The van der Waals surface area contributed by atoms with Crippen LogP contribution in [0.15, 0.2) is 36.4 Å². The van der Waals surface area contributed by atoms with E-state index in [1.165, 1.54) is 7.11 Å². The SMILES string of the molecule is COc1cc(NC(=O)c2ccccc2Cl)c(C)cc1N. The monoisotopic (exact) mass is 290 g/mol. The molecular formula is C15H15ClN2O2. The quantitative estimate of drug-likeness (QED) is 0.851. The van der Waals surface area contributed by atoms with Crippen molar-refractivity contribution in [1.82, 2.24) is 0 Å². The van der Waals surface area contributed by atoms with Gasteiger partial charge in [0, 0.05) is 11.8 Å². The van der Waals surface area contributed by atoms with E-state index in [2.05, 4.69) is 5.32 Å². The lowest BCUT2D eigenvalue weighted by Crippen LogP contribution is -2.13. The number of carbonyl (C=O) groups excluding carboxylic acids is 1. The Hall–Kier alpha value is -2.20. The Morgan fingerprint density at radius 2 is 2.00 bits per heavy atom. The summed E-state index contributed by atoms with van der Waals surface area (Å²) >= 11 is 6.00. The van der Waals surface area contributed by atoms with Gasteiger partial charge in [-0.15, -0.1) is 0 Å². The summed E-state index contributed by atoms with van der Waals surface area (Å²) in [6, 6.07) is 10.3. The van der Waals surface area contributed by atoms with Crippen molar-refractivity contribution in [2.75, 3.05) is 18.2 Å². The van der Waals surface area contributed by atoms with E-state index in [1.54, 1.807) is 36.4 Å². The molecule has 0 radical (unpaired) electrons. The molecule has 20 heavy (non-hydrogen) atoms. The summed E-state index contributed by atoms with van der Waals surface area (Å²) in [6.45, 7) is 1.86. The molecule has 104 valence electrons. The second kappa shape index (κ2) is 5.84. The highest BCUT2D eigenvalue weighted by molar-refractivity contribution is 6.34. The molecule has 0 unspecified atom stereocenters. The van der Waals surface area contributed by atoms with Gasteiger partial charge < -0.3 is 15.8 Å². The Morgan fingerprint density at radius 1 is 1.30 bits per heavy atom. The predicted octanol–water partition coefficient (Wildman–Crippen LogP) is 3.49. The molecular weight excluding hydrogens is 276 g/mol. The molecule has 0 spiro atoms. The normalized spacial score (nSPS) is 10.2. The van der Waals surface area contributed by atoms with E-state index in [1.807, 2.05) is 6.92 Å². The standard InChI is InChI=1S/C15H15ClN2O2/c1-9-7-12(17)14(20-2)8-13(9)18-15(19)10-5-3-4-6-11(10)16/h3-8H,17H2,1-2H3,(H,18,19). The third-order valence-corrected chi connectivity index (χ3v) is 3.27. The van der Waals surface area contributed by atoms with E-state index in [-0.39, 0.29) is 5.91 Å². The lowest BCUT2D eigenvalue weighted by atomic mass is 10.1. The number of benzene rings is 2. The molecule has 0 aliphatic carbocycles. The van der Waals surface area contributed by atoms with Crippen molar-refractivity contribution in [3.05, 3.63) is 52.5 Å². The molecule has 0 heterocycles. The number of nitrogen functional groups attached to an aromatic ring is 1. The van der Waals surface area contributed by atoms with Crippen molar-refractivity contribution in [2.24, 2.45) is 0 Å². The highest BCUT2D eigenvalue weighted by Gasteiger charge is 2.12. The van der Waals surface area contributed by atoms with Gasteiger partial charge in [0.05, 0.1) is 23.4 Å². The van der Waals surface area contributed by atoms with E-state index in [9.17, 15) is 4.79 Å². The third-order valence-electron chi connectivity index (χ3n) is 2.94. The Bertz CT molecular complexity index is 656. The van der Waals surface area contributed by atoms with Crippen molar-refractivity contribution in [2.45, 2.75) is 6.92 Å². The second-order valence-electron chi connectivity index (χ2n) is 4.34. The molecule has 0 aromatic heterocycles. The number of nitrogens with one attached hydrogen (secondary N) is 1. The molecule has 0 aliphatic rings. The van der Waals surface area contributed by atoms with Crippen LogP contribution in [0, 0.1) is 6.92 Å². The maximum Gasteiger partial charge on any atom is 0.257 e.